The summed E-state index contributed by atoms with van der Waals surface area (Å²) >= 11 is 0. The molecule has 1 saturated carbocycles. The Kier molecular flexibility index (Phi) is 6.69. The van der Waals surface area contributed by atoms with Crippen LogP contribution in [0.1, 0.15) is 40.0 Å². The number of amides is 2. The van der Waals surface area contributed by atoms with Crippen LogP contribution in [0.2, 0.25) is 0 Å². The van der Waals surface area contributed by atoms with Crippen molar-refractivity contribution in [2.75, 3.05) is 39.3 Å². The van der Waals surface area contributed by atoms with Crippen molar-refractivity contribution >= 4 is 12.0 Å². The first-order valence-electron chi connectivity index (χ1n) is 8.95. The standard InChI is InChI=1S/C17H31N3O3/c1-4-23-17(22)20-10-8-19(9-11-20)16(21)12-18-15-7-5-6-13(2)14(15)3/h13-15,18H,4-12H2,1-3H3/t13-,14-,15-/m0/s1. The van der Waals surface area contributed by atoms with Crippen LogP contribution in [0.5, 0.6) is 0 Å². The lowest BCUT2D eigenvalue weighted by Crippen LogP contribution is -2.53. The lowest BCUT2D eigenvalue weighted by atomic mass is 9.78. The maximum atomic E-state index is 12.4. The van der Waals surface area contributed by atoms with Gasteiger partial charge in [0.25, 0.3) is 0 Å². The van der Waals surface area contributed by atoms with Gasteiger partial charge in [-0.25, -0.2) is 4.79 Å². The predicted octanol–water partition coefficient (Wildman–Crippen LogP) is 1.70. The van der Waals surface area contributed by atoms with Crippen LogP contribution in [-0.2, 0) is 9.53 Å². The van der Waals surface area contributed by atoms with Crippen molar-refractivity contribution in [1.29, 1.82) is 0 Å². The van der Waals surface area contributed by atoms with Crippen molar-refractivity contribution in [3.05, 3.63) is 0 Å². The van der Waals surface area contributed by atoms with Crippen LogP contribution in [0.25, 0.3) is 0 Å². The molecule has 0 aromatic carbocycles. The Labute approximate surface area is 139 Å². The molecule has 0 aromatic rings. The first-order chi connectivity index (χ1) is 11.0. The van der Waals surface area contributed by atoms with Crippen molar-refractivity contribution in [2.45, 2.75) is 46.1 Å². The minimum absolute atomic E-state index is 0.138. The second-order valence-electron chi connectivity index (χ2n) is 6.82. The van der Waals surface area contributed by atoms with Gasteiger partial charge in [-0.05, 0) is 25.2 Å². The molecule has 0 radical (unpaired) electrons. The summed E-state index contributed by atoms with van der Waals surface area (Å²) in [5.74, 6) is 1.49. The molecular weight excluding hydrogens is 294 g/mol. The van der Waals surface area contributed by atoms with E-state index >= 15 is 0 Å². The number of ether oxygens (including phenoxy) is 1. The molecule has 1 aliphatic heterocycles. The highest BCUT2D eigenvalue weighted by Gasteiger charge is 2.29. The molecule has 2 fully saturated rings. The number of hydrogen-bond donors (Lipinski definition) is 1. The van der Waals surface area contributed by atoms with Crippen molar-refractivity contribution in [2.24, 2.45) is 11.8 Å². The topological polar surface area (TPSA) is 61.9 Å². The van der Waals surface area contributed by atoms with Gasteiger partial charge in [-0.3, -0.25) is 4.79 Å². The number of piperazine rings is 1. The average molecular weight is 325 g/mol. The average Bonchev–Trinajstić information content (AvgIpc) is 2.56. The minimum atomic E-state index is -0.275. The second-order valence-corrected chi connectivity index (χ2v) is 6.82. The molecular formula is C17H31N3O3. The van der Waals surface area contributed by atoms with Gasteiger partial charge in [-0.1, -0.05) is 26.7 Å². The molecule has 132 valence electrons. The highest BCUT2D eigenvalue weighted by molar-refractivity contribution is 5.78. The van der Waals surface area contributed by atoms with Gasteiger partial charge < -0.3 is 19.9 Å². The number of nitrogens with one attached hydrogen (secondary N) is 1. The van der Waals surface area contributed by atoms with Gasteiger partial charge in [-0.2, -0.15) is 0 Å². The fourth-order valence-electron chi connectivity index (χ4n) is 3.55. The van der Waals surface area contributed by atoms with E-state index in [4.69, 9.17) is 4.74 Å². The highest BCUT2D eigenvalue weighted by Crippen LogP contribution is 2.29. The molecule has 23 heavy (non-hydrogen) atoms. The molecule has 0 bridgehead atoms. The fraction of sp³-hybridized carbons (Fsp3) is 0.882. The zero-order valence-electron chi connectivity index (χ0n) is 14.7. The monoisotopic (exact) mass is 325 g/mol. The lowest BCUT2D eigenvalue weighted by Gasteiger charge is -2.36. The Bertz CT molecular complexity index is 408. The van der Waals surface area contributed by atoms with Crippen LogP contribution in [-0.4, -0.2) is 67.2 Å². The van der Waals surface area contributed by atoms with Crippen LogP contribution in [0.4, 0.5) is 4.79 Å². The summed E-state index contributed by atoms with van der Waals surface area (Å²) in [6, 6.07) is 0.448. The molecule has 2 aliphatic rings. The molecule has 6 nitrogen and oxygen atoms in total. The van der Waals surface area contributed by atoms with Gasteiger partial charge in [0.05, 0.1) is 13.2 Å². The van der Waals surface area contributed by atoms with Crippen LogP contribution in [0.3, 0.4) is 0 Å². The molecule has 6 heteroatoms. The zero-order chi connectivity index (χ0) is 16.8. The largest absolute Gasteiger partial charge is 0.450 e. The number of hydrogen-bond acceptors (Lipinski definition) is 4. The molecule has 1 aliphatic carbocycles. The van der Waals surface area contributed by atoms with E-state index in [0.29, 0.717) is 51.3 Å². The van der Waals surface area contributed by atoms with Gasteiger partial charge in [0.15, 0.2) is 0 Å². The Morgan fingerprint density at radius 1 is 1.09 bits per heavy atom. The lowest BCUT2D eigenvalue weighted by molar-refractivity contribution is -0.132. The summed E-state index contributed by atoms with van der Waals surface area (Å²) < 4.78 is 5.00. The van der Waals surface area contributed by atoms with Crippen molar-refractivity contribution in [3.63, 3.8) is 0 Å². The number of carbonyl (C=O) groups excluding carboxylic acids is 2. The number of carbonyl (C=O) groups is 2. The summed E-state index contributed by atoms with van der Waals surface area (Å²) in [5.41, 5.74) is 0. The van der Waals surface area contributed by atoms with Gasteiger partial charge >= 0.3 is 6.09 Å². The summed E-state index contributed by atoms with van der Waals surface area (Å²) in [7, 11) is 0. The zero-order valence-corrected chi connectivity index (χ0v) is 14.7. The maximum Gasteiger partial charge on any atom is 0.409 e. The summed E-state index contributed by atoms with van der Waals surface area (Å²) in [4.78, 5) is 27.5. The normalized spacial score (nSPS) is 28.6. The third-order valence-electron chi connectivity index (χ3n) is 5.38. The van der Waals surface area contributed by atoms with Crippen LogP contribution in [0, 0.1) is 11.8 Å². The van der Waals surface area contributed by atoms with Gasteiger partial charge in [0, 0.05) is 32.2 Å². The Hall–Kier alpha value is -1.30. The Balaban J connectivity index is 1.72. The van der Waals surface area contributed by atoms with Crippen LogP contribution >= 0.6 is 0 Å². The molecule has 1 N–H and O–H groups in total. The van der Waals surface area contributed by atoms with E-state index in [-0.39, 0.29) is 12.0 Å². The summed E-state index contributed by atoms with van der Waals surface area (Å²) in [5, 5.41) is 3.46. The SMILES string of the molecule is CCOC(=O)N1CCN(C(=O)CN[C@H]2CCC[C@H](C)[C@@H]2C)CC1. The summed E-state index contributed by atoms with van der Waals surface area (Å²) in [6.45, 7) is 9.48. The van der Waals surface area contributed by atoms with E-state index in [1.54, 1.807) is 11.8 Å². The van der Waals surface area contributed by atoms with Crippen LogP contribution < -0.4 is 5.32 Å². The van der Waals surface area contributed by atoms with Crippen molar-refractivity contribution in [1.82, 2.24) is 15.1 Å². The first-order valence-corrected chi connectivity index (χ1v) is 8.95. The Morgan fingerprint density at radius 2 is 1.74 bits per heavy atom. The van der Waals surface area contributed by atoms with E-state index < -0.39 is 0 Å². The molecule has 1 heterocycles. The summed E-state index contributed by atoms with van der Waals surface area (Å²) in [6.07, 6.45) is 3.43. The smallest absolute Gasteiger partial charge is 0.409 e. The molecule has 0 spiro atoms. The van der Waals surface area contributed by atoms with E-state index in [0.717, 1.165) is 12.3 Å². The quantitative estimate of drug-likeness (QED) is 0.854. The highest BCUT2D eigenvalue weighted by atomic mass is 16.6. The Morgan fingerprint density at radius 3 is 2.39 bits per heavy atom. The molecule has 0 aromatic heterocycles. The maximum absolute atomic E-state index is 12.4. The van der Waals surface area contributed by atoms with E-state index in [9.17, 15) is 9.59 Å². The number of rotatable bonds is 4. The van der Waals surface area contributed by atoms with Gasteiger partial charge in [0.1, 0.15) is 0 Å². The third kappa shape index (κ3) is 4.83. The van der Waals surface area contributed by atoms with Gasteiger partial charge in [-0.15, -0.1) is 0 Å². The predicted molar refractivity (Wildman–Crippen MR) is 89.1 cm³/mol. The first kappa shape index (κ1) is 18.0. The van der Waals surface area contributed by atoms with Crippen molar-refractivity contribution in [3.8, 4) is 0 Å². The van der Waals surface area contributed by atoms with Gasteiger partial charge in [0.2, 0.25) is 5.91 Å². The molecule has 3 atom stereocenters. The van der Waals surface area contributed by atoms with E-state index in [1.165, 1.54) is 12.8 Å². The van der Waals surface area contributed by atoms with E-state index in [2.05, 4.69) is 19.2 Å². The van der Waals surface area contributed by atoms with Crippen molar-refractivity contribution < 1.29 is 14.3 Å². The van der Waals surface area contributed by atoms with E-state index in [1.807, 2.05) is 4.90 Å². The minimum Gasteiger partial charge on any atom is -0.450 e. The van der Waals surface area contributed by atoms with Crippen LogP contribution in [0.15, 0.2) is 0 Å². The molecule has 2 amide bonds. The number of nitrogens with zero attached hydrogens (tertiary/aromatic N) is 2. The molecule has 0 unspecified atom stereocenters. The molecule has 2 rings (SSSR count). The third-order valence-corrected chi connectivity index (χ3v) is 5.38. The fourth-order valence-corrected chi connectivity index (χ4v) is 3.55. The molecule has 1 saturated heterocycles. The second kappa shape index (κ2) is 8.52.